The second kappa shape index (κ2) is 12.7. The number of benzene rings is 1. The number of hydrogen-bond donors (Lipinski definition) is 0. The summed E-state index contributed by atoms with van der Waals surface area (Å²) in [5, 5.41) is 5.04. The van der Waals surface area contributed by atoms with Crippen LogP contribution in [0.2, 0.25) is 0 Å². The molecule has 1 aliphatic heterocycles. The summed E-state index contributed by atoms with van der Waals surface area (Å²) in [4.78, 5) is 0. The molecule has 0 bridgehead atoms. The molecule has 8 atom stereocenters. The number of piperidine rings is 1. The first-order chi connectivity index (χ1) is 14.7. The Balaban J connectivity index is 0.000000645. The van der Waals surface area contributed by atoms with Crippen molar-refractivity contribution in [3.63, 3.8) is 0 Å². The van der Waals surface area contributed by atoms with Crippen LogP contribution in [0.5, 0.6) is 0 Å². The van der Waals surface area contributed by atoms with Gasteiger partial charge in [0.1, 0.15) is 0 Å². The Labute approximate surface area is 206 Å². The van der Waals surface area contributed by atoms with Gasteiger partial charge in [0.2, 0.25) is 0 Å². The standard InChI is InChI=1S/C26H38N.CH3.2ClH.Cr/c1-18-23(14-19-8-3-2-4-9-19)25-15-20-10-7-11-21(20)16-26(25)24(18)17-22-12-5-6-13-27-22;;;;/h2-4,8-9,18,20-26H,5-7,10-17H2,1H3;1H3;2*1H;/q2*-1;;;+2/p-2. The summed E-state index contributed by atoms with van der Waals surface area (Å²) in [6.45, 7) is 3.76. The third-order valence-electron chi connectivity index (χ3n) is 9.16. The molecule has 5 rings (SSSR count). The van der Waals surface area contributed by atoms with Crippen molar-refractivity contribution >= 4 is 20.1 Å². The van der Waals surface area contributed by atoms with Gasteiger partial charge >= 0.3 is 33.5 Å². The number of nitrogens with zero attached hydrogens (tertiary/aromatic N) is 1. The first kappa shape index (κ1) is 25.9. The molecule has 176 valence electrons. The molecule has 1 heterocycles. The SMILES string of the molecule is CC1C(Cc2ccccc2)C2CC3CCCC3CC2C1CC1CCCC[N-]1.[CH3-].[Cl][Cr][Cl]. The van der Waals surface area contributed by atoms with Gasteiger partial charge in [0.05, 0.1) is 0 Å². The topological polar surface area (TPSA) is 14.1 Å². The van der Waals surface area contributed by atoms with E-state index in [2.05, 4.69) is 37.3 Å². The summed E-state index contributed by atoms with van der Waals surface area (Å²) in [6, 6.07) is 12.1. The van der Waals surface area contributed by atoms with Crippen molar-refractivity contribution in [2.24, 2.45) is 41.4 Å². The molecule has 8 unspecified atom stereocenters. The fraction of sp³-hybridized carbons (Fsp3) is 0.741. The van der Waals surface area contributed by atoms with Crippen LogP contribution in [-0.4, -0.2) is 12.6 Å². The van der Waals surface area contributed by atoms with Crippen LogP contribution in [0.1, 0.15) is 70.3 Å². The molecule has 1 aromatic rings. The monoisotopic (exact) mass is 501 g/mol. The molecular formula is C27H41Cl2CrN-2. The second-order valence-electron chi connectivity index (χ2n) is 10.5. The summed E-state index contributed by atoms with van der Waals surface area (Å²) in [5.41, 5.74) is 1.57. The molecule has 0 amide bonds. The second-order valence-corrected chi connectivity index (χ2v) is 12.6. The van der Waals surface area contributed by atoms with Crippen LogP contribution < -0.4 is 0 Å². The van der Waals surface area contributed by atoms with Crippen LogP contribution in [-0.2, 0) is 19.8 Å². The summed E-state index contributed by atoms with van der Waals surface area (Å²) in [5.74, 6) is 6.87. The van der Waals surface area contributed by atoms with Crippen molar-refractivity contribution in [1.29, 1.82) is 0 Å². The molecule has 0 aromatic heterocycles. The predicted molar refractivity (Wildman–Crippen MR) is 132 cm³/mol. The van der Waals surface area contributed by atoms with E-state index >= 15 is 0 Å². The van der Waals surface area contributed by atoms with Crippen molar-refractivity contribution in [3.8, 4) is 0 Å². The molecule has 1 nitrogen and oxygen atoms in total. The first-order valence-electron chi connectivity index (χ1n) is 12.3. The minimum atomic E-state index is -0.181. The molecule has 1 saturated heterocycles. The molecular weight excluding hydrogens is 461 g/mol. The Kier molecular flexibility index (Phi) is 10.6. The molecule has 3 saturated carbocycles. The van der Waals surface area contributed by atoms with E-state index < -0.39 is 0 Å². The van der Waals surface area contributed by atoms with Gasteiger partial charge in [0.15, 0.2) is 0 Å². The van der Waals surface area contributed by atoms with Crippen LogP contribution in [0, 0.1) is 48.9 Å². The molecule has 3 aliphatic carbocycles. The Morgan fingerprint density at radius 1 is 0.903 bits per heavy atom. The Bertz CT molecular complexity index is 635. The van der Waals surface area contributed by atoms with E-state index in [1.54, 1.807) is 18.4 Å². The number of halogens is 2. The van der Waals surface area contributed by atoms with Crippen LogP contribution in [0.4, 0.5) is 0 Å². The third kappa shape index (κ3) is 6.25. The molecule has 0 radical (unpaired) electrons. The number of fused-ring (bicyclic) bond motifs is 2. The van der Waals surface area contributed by atoms with E-state index in [-0.39, 0.29) is 20.8 Å². The van der Waals surface area contributed by atoms with E-state index in [4.69, 9.17) is 25.4 Å². The van der Waals surface area contributed by atoms with E-state index in [9.17, 15) is 0 Å². The van der Waals surface area contributed by atoms with Gasteiger partial charge in [-0.25, -0.2) is 0 Å². The maximum absolute atomic E-state index is 5.04. The molecule has 0 spiro atoms. The van der Waals surface area contributed by atoms with Crippen molar-refractivity contribution < 1.29 is 13.4 Å². The van der Waals surface area contributed by atoms with Crippen LogP contribution >= 0.6 is 20.1 Å². The van der Waals surface area contributed by atoms with Crippen molar-refractivity contribution in [2.75, 3.05) is 6.54 Å². The van der Waals surface area contributed by atoms with E-state index in [0.29, 0.717) is 6.04 Å². The van der Waals surface area contributed by atoms with Gasteiger partial charge < -0.3 is 12.7 Å². The van der Waals surface area contributed by atoms with Crippen LogP contribution in [0.15, 0.2) is 30.3 Å². The van der Waals surface area contributed by atoms with Gasteiger partial charge in [0.25, 0.3) is 0 Å². The summed E-state index contributed by atoms with van der Waals surface area (Å²) >= 11 is -0.181. The zero-order chi connectivity index (χ0) is 20.9. The Hall–Kier alpha value is 0.292. The van der Waals surface area contributed by atoms with Crippen molar-refractivity contribution in [3.05, 3.63) is 48.6 Å². The van der Waals surface area contributed by atoms with Gasteiger partial charge in [-0.05, 0) is 66.3 Å². The van der Waals surface area contributed by atoms with Gasteiger partial charge in [-0.15, -0.1) is 12.6 Å². The molecule has 4 heteroatoms. The minimum absolute atomic E-state index is 0. The number of rotatable bonds is 4. The maximum atomic E-state index is 5.04. The van der Waals surface area contributed by atoms with E-state index in [1.165, 1.54) is 51.4 Å². The van der Waals surface area contributed by atoms with E-state index in [0.717, 1.165) is 48.0 Å². The quantitative estimate of drug-likeness (QED) is 0.366. The molecule has 4 aliphatic rings. The normalized spacial score (nSPS) is 38.9. The van der Waals surface area contributed by atoms with Gasteiger partial charge in [-0.2, -0.15) is 0 Å². The fourth-order valence-electron chi connectivity index (χ4n) is 7.84. The molecule has 0 N–H and O–H groups in total. The van der Waals surface area contributed by atoms with Crippen molar-refractivity contribution in [1.82, 2.24) is 0 Å². The molecule has 4 fully saturated rings. The van der Waals surface area contributed by atoms with E-state index in [1.807, 2.05) is 0 Å². The fourth-order valence-corrected chi connectivity index (χ4v) is 7.84. The Morgan fingerprint density at radius 2 is 1.55 bits per heavy atom. The zero-order valence-corrected chi connectivity index (χ0v) is 22.2. The summed E-state index contributed by atoms with van der Waals surface area (Å²) in [6.07, 6.45) is 14.5. The number of hydrogen-bond acceptors (Lipinski definition) is 0. The average molecular weight is 503 g/mol. The van der Waals surface area contributed by atoms with Crippen LogP contribution in [0.3, 0.4) is 0 Å². The zero-order valence-electron chi connectivity index (χ0n) is 19.4. The Morgan fingerprint density at radius 3 is 2.16 bits per heavy atom. The van der Waals surface area contributed by atoms with Crippen LogP contribution in [0.25, 0.3) is 5.32 Å². The summed E-state index contributed by atoms with van der Waals surface area (Å²) < 4.78 is 0. The molecule has 1 aromatic carbocycles. The van der Waals surface area contributed by atoms with Gasteiger partial charge in [-0.3, -0.25) is 0 Å². The predicted octanol–water partition coefficient (Wildman–Crippen LogP) is 8.70. The molecule has 31 heavy (non-hydrogen) atoms. The van der Waals surface area contributed by atoms with Crippen molar-refractivity contribution in [2.45, 2.75) is 77.2 Å². The van der Waals surface area contributed by atoms with Gasteiger partial charge in [0, 0.05) is 0 Å². The summed E-state index contributed by atoms with van der Waals surface area (Å²) in [7, 11) is 9.65. The van der Waals surface area contributed by atoms with Gasteiger partial charge in [-0.1, -0.05) is 82.2 Å². The third-order valence-corrected chi connectivity index (χ3v) is 9.16. The average Bonchev–Trinajstić information content (AvgIpc) is 3.32. The first-order valence-corrected chi connectivity index (χ1v) is 15.8.